The Balaban J connectivity index is 3.99. The number of carbonyl (C=O) groups is 1. The molecule has 0 bridgehead atoms. The lowest BCUT2D eigenvalue weighted by atomic mass is 10.1. The molecule has 0 saturated carbocycles. The summed E-state index contributed by atoms with van der Waals surface area (Å²) in [7, 11) is -1.21. The topological polar surface area (TPSA) is 72.2 Å². The van der Waals surface area contributed by atoms with Gasteiger partial charge in [0.2, 0.25) is 5.91 Å². The zero-order valence-corrected chi connectivity index (χ0v) is 12.2. The average Bonchev–Trinajstić information content (AvgIpc) is 2.20. The van der Waals surface area contributed by atoms with Gasteiger partial charge >= 0.3 is 0 Å². The number of rotatable bonds is 8. The molecule has 0 aromatic carbocycles. The number of hydrogen-bond donors (Lipinski definition) is 2. The van der Waals surface area contributed by atoms with Crippen molar-refractivity contribution in [1.82, 2.24) is 5.32 Å². The van der Waals surface area contributed by atoms with Crippen LogP contribution in [0.25, 0.3) is 0 Å². The van der Waals surface area contributed by atoms with Gasteiger partial charge in [-0.2, -0.15) is 0 Å². The molecule has 0 spiro atoms. The maximum Gasteiger partial charge on any atom is 0.235 e. The van der Waals surface area contributed by atoms with Crippen LogP contribution in [0.5, 0.6) is 0 Å². The molecule has 0 aliphatic heterocycles. The number of nitrogens with two attached hydrogens (primary N) is 1. The molecule has 0 saturated heterocycles. The molecule has 2 atom stereocenters. The molecule has 0 rings (SSSR count). The van der Waals surface area contributed by atoms with Gasteiger partial charge in [0.15, 0.2) is 0 Å². The van der Waals surface area contributed by atoms with Gasteiger partial charge in [0.1, 0.15) is 5.25 Å². The minimum atomic E-state index is -1.21. The molecular formula is C12H26N2O2S. The number of carbonyl (C=O) groups excluding carboxylic acids is 1. The van der Waals surface area contributed by atoms with Crippen molar-refractivity contribution in [2.24, 2.45) is 5.73 Å². The Labute approximate surface area is 107 Å². The highest BCUT2D eigenvalue weighted by molar-refractivity contribution is 7.86. The number of nitrogens with one attached hydrogen (secondary N) is 1. The molecule has 5 heteroatoms. The van der Waals surface area contributed by atoms with E-state index in [4.69, 9.17) is 5.73 Å². The fourth-order valence-electron chi connectivity index (χ4n) is 1.34. The predicted molar refractivity (Wildman–Crippen MR) is 73.3 cm³/mol. The molecule has 102 valence electrons. The third-order valence-corrected chi connectivity index (χ3v) is 4.39. The summed E-state index contributed by atoms with van der Waals surface area (Å²) >= 11 is 0. The van der Waals surface area contributed by atoms with Crippen LogP contribution in [-0.4, -0.2) is 33.2 Å². The van der Waals surface area contributed by atoms with E-state index in [1.807, 2.05) is 13.8 Å². The summed E-state index contributed by atoms with van der Waals surface area (Å²) in [5.74, 6) is 0.208. The van der Waals surface area contributed by atoms with Crippen molar-refractivity contribution in [3.8, 4) is 0 Å². The molecule has 0 heterocycles. The molecule has 4 nitrogen and oxygen atoms in total. The van der Waals surface area contributed by atoms with Crippen LogP contribution in [0.4, 0.5) is 0 Å². The second-order valence-electron chi connectivity index (χ2n) is 5.15. The Morgan fingerprint density at radius 1 is 1.41 bits per heavy atom. The largest absolute Gasteiger partial charge is 0.355 e. The van der Waals surface area contributed by atoms with Gasteiger partial charge in [-0.15, -0.1) is 0 Å². The van der Waals surface area contributed by atoms with E-state index in [2.05, 4.69) is 12.2 Å². The Kier molecular flexibility index (Phi) is 7.63. The maximum atomic E-state index is 11.9. The molecule has 0 aromatic rings. The first-order valence-electron chi connectivity index (χ1n) is 6.21. The van der Waals surface area contributed by atoms with Crippen LogP contribution in [0.1, 0.15) is 47.0 Å². The first kappa shape index (κ1) is 16.6. The van der Waals surface area contributed by atoms with E-state index in [0.29, 0.717) is 12.3 Å². The van der Waals surface area contributed by atoms with Crippen LogP contribution in [0, 0.1) is 0 Å². The first-order chi connectivity index (χ1) is 7.78. The fourth-order valence-corrected chi connectivity index (χ4v) is 2.65. The van der Waals surface area contributed by atoms with Gasteiger partial charge in [-0.3, -0.25) is 9.00 Å². The highest BCUT2D eigenvalue weighted by Crippen LogP contribution is 2.05. The quantitative estimate of drug-likeness (QED) is 0.645. The highest BCUT2D eigenvalue weighted by atomic mass is 32.2. The van der Waals surface area contributed by atoms with E-state index >= 15 is 0 Å². The molecule has 1 amide bonds. The minimum Gasteiger partial charge on any atom is -0.355 e. The first-order valence-corrected chi connectivity index (χ1v) is 7.60. The zero-order chi connectivity index (χ0) is 13.5. The average molecular weight is 262 g/mol. The molecule has 0 aliphatic carbocycles. The van der Waals surface area contributed by atoms with Crippen LogP contribution in [0.3, 0.4) is 0 Å². The Bertz CT molecular complexity index is 262. The van der Waals surface area contributed by atoms with Gasteiger partial charge in [-0.25, -0.2) is 0 Å². The van der Waals surface area contributed by atoms with E-state index in [1.165, 1.54) is 0 Å². The van der Waals surface area contributed by atoms with Gasteiger partial charge in [0.05, 0.1) is 0 Å². The van der Waals surface area contributed by atoms with Crippen LogP contribution < -0.4 is 11.1 Å². The molecule has 0 fully saturated rings. The summed E-state index contributed by atoms with van der Waals surface area (Å²) in [4.78, 5) is 11.7. The zero-order valence-electron chi connectivity index (χ0n) is 11.4. The van der Waals surface area contributed by atoms with Gasteiger partial charge in [-0.05, 0) is 27.2 Å². The molecule has 2 unspecified atom stereocenters. The van der Waals surface area contributed by atoms with Crippen LogP contribution in [0.15, 0.2) is 0 Å². The third kappa shape index (κ3) is 8.32. The Morgan fingerprint density at radius 2 is 2.00 bits per heavy atom. The SMILES string of the molecule is CCCCCNC(=O)C(C)S(=O)CC(C)(C)N. The van der Waals surface area contributed by atoms with Crippen molar-refractivity contribution in [2.75, 3.05) is 12.3 Å². The molecular weight excluding hydrogens is 236 g/mol. The van der Waals surface area contributed by atoms with E-state index < -0.39 is 21.6 Å². The van der Waals surface area contributed by atoms with Crippen LogP contribution in [-0.2, 0) is 15.6 Å². The van der Waals surface area contributed by atoms with Gasteiger partial charge < -0.3 is 11.1 Å². The Hall–Kier alpha value is -0.420. The number of amides is 1. The van der Waals surface area contributed by atoms with Crippen molar-refractivity contribution >= 4 is 16.7 Å². The van der Waals surface area contributed by atoms with Gasteiger partial charge in [0.25, 0.3) is 0 Å². The van der Waals surface area contributed by atoms with Gasteiger partial charge in [0, 0.05) is 28.6 Å². The summed E-state index contributed by atoms with van der Waals surface area (Å²) in [6, 6.07) is 0. The van der Waals surface area contributed by atoms with Crippen LogP contribution in [0.2, 0.25) is 0 Å². The summed E-state index contributed by atoms with van der Waals surface area (Å²) in [5, 5.41) is 2.32. The highest BCUT2D eigenvalue weighted by Gasteiger charge is 2.24. The number of unbranched alkanes of at least 4 members (excludes halogenated alkanes) is 2. The summed E-state index contributed by atoms with van der Waals surface area (Å²) in [6.07, 6.45) is 3.20. The Morgan fingerprint density at radius 3 is 2.47 bits per heavy atom. The normalized spacial score (nSPS) is 15.4. The minimum absolute atomic E-state index is 0.135. The molecule has 0 radical (unpaired) electrons. The third-order valence-electron chi connectivity index (χ3n) is 2.36. The predicted octanol–water partition coefficient (Wildman–Crippen LogP) is 1.17. The van der Waals surface area contributed by atoms with Crippen LogP contribution >= 0.6 is 0 Å². The molecule has 3 N–H and O–H groups in total. The van der Waals surface area contributed by atoms with Crippen molar-refractivity contribution in [2.45, 2.75) is 57.7 Å². The second-order valence-corrected chi connectivity index (χ2v) is 6.91. The second kappa shape index (κ2) is 7.82. The van der Waals surface area contributed by atoms with E-state index in [-0.39, 0.29) is 5.91 Å². The molecule has 0 aromatic heterocycles. The van der Waals surface area contributed by atoms with Gasteiger partial charge in [-0.1, -0.05) is 19.8 Å². The van der Waals surface area contributed by atoms with E-state index in [1.54, 1.807) is 6.92 Å². The lowest BCUT2D eigenvalue weighted by molar-refractivity contribution is -0.120. The monoisotopic (exact) mass is 262 g/mol. The smallest absolute Gasteiger partial charge is 0.235 e. The lowest BCUT2D eigenvalue weighted by Gasteiger charge is -2.20. The number of hydrogen-bond acceptors (Lipinski definition) is 3. The summed E-state index contributed by atoms with van der Waals surface area (Å²) in [6.45, 7) is 8.10. The van der Waals surface area contributed by atoms with Crippen molar-refractivity contribution in [1.29, 1.82) is 0 Å². The van der Waals surface area contributed by atoms with E-state index in [0.717, 1.165) is 19.3 Å². The molecule has 17 heavy (non-hydrogen) atoms. The maximum absolute atomic E-state index is 11.9. The van der Waals surface area contributed by atoms with Crippen molar-refractivity contribution in [3.63, 3.8) is 0 Å². The molecule has 0 aliphatic rings. The lowest BCUT2D eigenvalue weighted by Crippen LogP contribution is -2.44. The summed E-state index contributed by atoms with van der Waals surface area (Å²) in [5.41, 5.74) is 5.29. The van der Waals surface area contributed by atoms with Crippen molar-refractivity contribution in [3.05, 3.63) is 0 Å². The summed E-state index contributed by atoms with van der Waals surface area (Å²) < 4.78 is 11.9. The van der Waals surface area contributed by atoms with Crippen molar-refractivity contribution < 1.29 is 9.00 Å². The standard InChI is InChI=1S/C12H26N2O2S/c1-5-6-7-8-14-11(15)10(2)17(16)9-12(3,4)13/h10H,5-9,13H2,1-4H3,(H,14,15). The fraction of sp³-hybridized carbons (Fsp3) is 0.917. The van der Waals surface area contributed by atoms with E-state index in [9.17, 15) is 9.00 Å².